The Morgan fingerprint density at radius 3 is 2.80 bits per heavy atom. The molecule has 11 heteroatoms. The Balaban J connectivity index is 2.17. The summed E-state index contributed by atoms with van der Waals surface area (Å²) >= 11 is 1.20. The van der Waals surface area contributed by atoms with Gasteiger partial charge >= 0.3 is 5.97 Å². The van der Waals surface area contributed by atoms with Gasteiger partial charge in [-0.15, -0.1) is 5.10 Å². The number of rotatable bonds is 9. The second-order valence-electron chi connectivity index (χ2n) is 5.15. The molecule has 0 saturated carbocycles. The number of nitrogens with one attached hydrogen (secondary N) is 1. The van der Waals surface area contributed by atoms with E-state index in [1.807, 2.05) is 14.1 Å². The monoisotopic (exact) mass is 366 g/mol. The molecule has 0 aliphatic heterocycles. The SMILES string of the molecule is CCCNc1nc(N(C)C)nc(-n2cnc(SCC(=O)OCC)n2)n1. The van der Waals surface area contributed by atoms with Gasteiger partial charge in [0, 0.05) is 20.6 Å². The summed E-state index contributed by atoms with van der Waals surface area (Å²) in [5, 5.41) is 7.89. The lowest BCUT2D eigenvalue weighted by Gasteiger charge is -2.12. The molecule has 10 nitrogen and oxygen atoms in total. The Labute approximate surface area is 150 Å². The first-order valence-corrected chi connectivity index (χ1v) is 8.89. The second kappa shape index (κ2) is 9.16. The minimum absolute atomic E-state index is 0.154. The summed E-state index contributed by atoms with van der Waals surface area (Å²) in [5.74, 6) is 1.20. The molecule has 0 aliphatic rings. The summed E-state index contributed by atoms with van der Waals surface area (Å²) in [6, 6.07) is 0. The lowest BCUT2D eigenvalue weighted by Crippen LogP contribution is -2.18. The van der Waals surface area contributed by atoms with Crippen LogP contribution in [-0.2, 0) is 9.53 Å². The summed E-state index contributed by atoms with van der Waals surface area (Å²) in [5.41, 5.74) is 0. The number of aromatic nitrogens is 6. The van der Waals surface area contributed by atoms with Crippen LogP contribution in [0.5, 0.6) is 0 Å². The third-order valence-electron chi connectivity index (χ3n) is 2.85. The van der Waals surface area contributed by atoms with Crippen LogP contribution in [0, 0.1) is 0 Å². The molecule has 136 valence electrons. The van der Waals surface area contributed by atoms with Crippen LogP contribution in [0.2, 0.25) is 0 Å². The molecule has 0 amide bonds. The predicted octanol–water partition coefficient (Wildman–Crippen LogP) is 0.995. The highest BCUT2D eigenvalue weighted by Gasteiger charge is 2.13. The van der Waals surface area contributed by atoms with Crippen molar-refractivity contribution in [3.8, 4) is 5.95 Å². The van der Waals surface area contributed by atoms with Gasteiger partial charge in [0.15, 0.2) is 0 Å². The van der Waals surface area contributed by atoms with Gasteiger partial charge in [0.05, 0.1) is 12.4 Å². The van der Waals surface area contributed by atoms with Gasteiger partial charge in [-0.25, -0.2) is 4.98 Å². The van der Waals surface area contributed by atoms with Crippen LogP contribution in [0.4, 0.5) is 11.9 Å². The maximum Gasteiger partial charge on any atom is 0.316 e. The van der Waals surface area contributed by atoms with Crippen LogP contribution >= 0.6 is 11.8 Å². The molecule has 0 atom stereocenters. The lowest BCUT2D eigenvalue weighted by molar-refractivity contribution is -0.139. The number of ether oxygens (including phenoxy) is 1. The van der Waals surface area contributed by atoms with E-state index in [2.05, 4.69) is 37.3 Å². The molecule has 0 radical (unpaired) electrons. The molecule has 2 aromatic rings. The van der Waals surface area contributed by atoms with Gasteiger partial charge in [0.25, 0.3) is 5.95 Å². The maximum atomic E-state index is 11.4. The van der Waals surface area contributed by atoms with Gasteiger partial charge < -0.3 is 15.0 Å². The number of esters is 1. The third kappa shape index (κ3) is 5.55. The van der Waals surface area contributed by atoms with Crippen molar-refractivity contribution in [1.82, 2.24) is 29.7 Å². The minimum atomic E-state index is -0.301. The zero-order valence-electron chi connectivity index (χ0n) is 14.8. The number of nitrogens with zero attached hydrogens (tertiary/aromatic N) is 7. The molecule has 0 spiro atoms. The van der Waals surface area contributed by atoms with Crippen molar-refractivity contribution in [2.24, 2.45) is 0 Å². The van der Waals surface area contributed by atoms with Crippen molar-refractivity contribution in [2.75, 3.05) is 43.2 Å². The van der Waals surface area contributed by atoms with Crippen LogP contribution < -0.4 is 10.2 Å². The minimum Gasteiger partial charge on any atom is -0.465 e. The average molecular weight is 366 g/mol. The highest BCUT2D eigenvalue weighted by Crippen LogP contribution is 2.15. The van der Waals surface area contributed by atoms with E-state index in [0.29, 0.717) is 29.6 Å². The summed E-state index contributed by atoms with van der Waals surface area (Å²) in [4.78, 5) is 30.4. The standard InChI is InChI=1S/C14H22N8O2S/c1-5-7-15-11-17-12(21(3)4)19-13(18-11)22-9-16-14(20-22)25-8-10(23)24-6-2/h9H,5-8H2,1-4H3,(H,15,17,18,19). The van der Waals surface area contributed by atoms with Gasteiger partial charge in [-0.1, -0.05) is 18.7 Å². The summed E-state index contributed by atoms with van der Waals surface area (Å²) < 4.78 is 6.34. The molecule has 0 saturated heterocycles. The molecule has 25 heavy (non-hydrogen) atoms. The highest BCUT2D eigenvalue weighted by atomic mass is 32.2. The predicted molar refractivity (Wildman–Crippen MR) is 95.2 cm³/mol. The van der Waals surface area contributed by atoms with Crippen molar-refractivity contribution in [3.05, 3.63) is 6.33 Å². The quantitative estimate of drug-likeness (QED) is 0.509. The number of carbonyl (C=O) groups excluding carboxylic acids is 1. The summed E-state index contributed by atoms with van der Waals surface area (Å²) in [6.45, 7) is 4.94. The molecule has 0 bridgehead atoms. The first-order chi connectivity index (χ1) is 12.0. The molecule has 0 aromatic carbocycles. The largest absolute Gasteiger partial charge is 0.465 e. The molecule has 0 unspecified atom stereocenters. The fourth-order valence-electron chi connectivity index (χ4n) is 1.71. The Morgan fingerprint density at radius 1 is 1.32 bits per heavy atom. The lowest BCUT2D eigenvalue weighted by atomic mass is 10.5. The average Bonchev–Trinajstić information content (AvgIpc) is 3.07. The number of anilines is 2. The Morgan fingerprint density at radius 2 is 2.12 bits per heavy atom. The summed E-state index contributed by atoms with van der Waals surface area (Å²) in [7, 11) is 3.70. The molecular formula is C14H22N8O2S. The van der Waals surface area contributed by atoms with Gasteiger partial charge in [0.1, 0.15) is 6.33 Å². The zero-order chi connectivity index (χ0) is 18.2. The number of hydrogen-bond acceptors (Lipinski definition) is 10. The van der Waals surface area contributed by atoms with Crippen molar-refractivity contribution in [2.45, 2.75) is 25.4 Å². The van der Waals surface area contributed by atoms with Crippen molar-refractivity contribution in [3.63, 3.8) is 0 Å². The zero-order valence-corrected chi connectivity index (χ0v) is 15.6. The first-order valence-electron chi connectivity index (χ1n) is 7.91. The number of thioether (sulfide) groups is 1. The second-order valence-corrected chi connectivity index (χ2v) is 6.09. The van der Waals surface area contributed by atoms with E-state index in [1.54, 1.807) is 11.8 Å². The summed E-state index contributed by atoms with van der Waals surface area (Å²) in [6.07, 6.45) is 2.46. The van der Waals surface area contributed by atoms with E-state index in [0.717, 1.165) is 13.0 Å². The fraction of sp³-hybridized carbons (Fsp3) is 0.571. The Bertz CT molecular complexity index is 706. The maximum absolute atomic E-state index is 11.4. The Kier molecular flexibility index (Phi) is 6.92. The first kappa shape index (κ1) is 18.9. The number of carbonyl (C=O) groups is 1. The van der Waals surface area contributed by atoms with Crippen LogP contribution in [0.3, 0.4) is 0 Å². The normalized spacial score (nSPS) is 10.6. The van der Waals surface area contributed by atoms with E-state index in [4.69, 9.17) is 4.74 Å². The van der Waals surface area contributed by atoms with Crippen LogP contribution in [0.25, 0.3) is 5.95 Å². The number of hydrogen-bond donors (Lipinski definition) is 1. The fourth-order valence-corrected chi connectivity index (χ4v) is 2.31. The van der Waals surface area contributed by atoms with Crippen LogP contribution in [0.1, 0.15) is 20.3 Å². The molecule has 0 aliphatic carbocycles. The van der Waals surface area contributed by atoms with E-state index in [9.17, 15) is 4.79 Å². The van der Waals surface area contributed by atoms with Crippen LogP contribution in [-0.4, -0.2) is 68.7 Å². The highest BCUT2D eigenvalue weighted by molar-refractivity contribution is 7.99. The van der Waals surface area contributed by atoms with E-state index < -0.39 is 0 Å². The van der Waals surface area contributed by atoms with Gasteiger partial charge in [-0.2, -0.15) is 19.6 Å². The van der Waals surface area contributed by atoms with Crippen LogP contribution in [0.15, 0.2) is 11.5 Å². The van der Waals surface area contributed by atoms with E-state index in [1.165, 1.54) is 22.8 Å². The van der Waals surface area contributed by atoms with Gasteiger partial charge in [-0.05, 0) is 13.3 Å². The van der Waals surface area contributed by atoms with Gasteiger partial charge in [0.2, 0.25) is 17.1 Å². The topological polar surface area (TPSA) is 111 Å². The molecule has 2 heterocycles. The van der Waals surface area contributed by atoms with Gasteiger partial charge in [-0.3, -0.25) is 4.79 Å². The smallest absolute Gasteiger partial charge is 0.316 e. The van der Waals surface area contributed by atoms with Crippen molar-refractivity contribution >= 4 is 29.6 Å². The molecule has 1 N–H and O–H groups in total. The molecule has 2 rings (SSSR count). The van der Waals surface area contributed by atoms with Crippen molar-refractivity contribution in [1.29, 1.82) is 0 Å². The molecule has 0 fully saturated rings. The Hall–Kier alpha value is -2.43. The van der Waals surface area contributed by atoms with E-state index >= 15 is 0 Å². The molecule has 2 aromatic heterocycles. The van der Waals surface area contributed by atoms with Crippen molar-refractivity contribution < 1.29 is 9.53 Å². The third-order valence-corrected chi connectivity index (χ3v) is 3.67. The van der Waals surface area contributed by atoms with E-state index in [-0.39, 0.29) is 11.7 Å². The molecular weight excluding hydrogens is 344 g/mol.